The molecule has 246 valence electrons. The summed E-state index contributed by atoms with van der Waals surface area (Å²) in [6.07, 6.45) is -10.8. The van der Waals surface area contributed by atoms with Gasteiger partial charge < -0.3 is 24.1 Å². The van der Waals surface area contributed by atoms with Gasteiger partial charge >= 0.3 is 30.1 Å². The molecule has 0 radical (unpaired) electrons. The summed E-state index contributed by atoms with van der Waals surface area (Å²) >= 11 is 1.14. The molecule has 0 spiro atoms. The number of halogens is 7. The first-order chi connectivity index (χ1) is 19.3. The Kier molecular flexibility index (Phi) is 19.4. The first-order valence-corrected chi connectivity index (χ1v) is 13.6. The lowest BCUT2D eigenvalue weighted by Gasteiger charge is -2.33. The molecule has 0 aromatic rings. The van der Waals surface area contributed by atoms with Crippen LogP contribution in [-0.2, 0) is 38.1 Å². The second kappa shape index (κ2) is 19.6. The Morgan fingerprint density at radius 1 is 0.929 bits per heavy atom. The number of carbonyl (C=O) groups is 4. The Morgan fingerprint density at radius 3 is 1.95 bits per heavy atom. The van der Waals surface area contributed by atoms with Crippen LogP contribution in [0.3, 0.4) is 0 Å². The van der Waals surface area contributed by atoms with E-state index < -0.39 is 90.8 Å². The first kappa shape index (κ1) is 41.6. The van der Waals surface area contributed by atoms with Gasteiger partial charge in [0.1, 0.15) is 24.9 Å². The van der Waals surface area contributed by atoms with Crippen molar-refractivity contribution in [1.82, 2.24) is 0 Å². The molecule has 0 aliphatic heterocycles. The number of methoxy groups -OCH3 is 1. The van der Waals surface area contributed by atoms with Crippen LogP contribution in [0, 0.1) is 16.7 Å². The SMILES string of the molecule is CCC(C)(CC(C)(C)C(=O)OCC(O)COC(=O)CSCC(C)C(=O)OC)C(=O)OCCC(=C(F)F)C(F)(F)F.FF. The van der Waals surface area contributed by atoms with E-state index in [4.69, 9.17) is 23.4 Å². The predicted molar refractivity (Wildman–Crippen MR) is 136 cm³/mol. The minimum atomic E-state index is -5.27. The van der Waals surface area contributed by atoms with Gasteiger partial charge in [-0.3, -0.25) is 19.2 Å². The summed E-state index contributed by atoms with van der Waals surface area (Å²) in [5, 5.41) is 10.0. The van der Waals surface area contributed by atoms with Gasteiger partial charge in [0.15, 0.2) is 0 Å². The molecule has 1 N–H and O–H groups in total. The number of carbonyl (C=O) groups excluding carboxylic acids is 4. The van der Waals surface area contributed by atoms with Crippen molar-refractivity contribution in [3.05, 3.63) is 11.7 Å². The molecule has 0 aromatic heterocycles. The minimum Gasteiger partial charge on any atom is -0.469 e. The van der Waals surface area contributed by atoms with E-state index in [1.807, 2.05) is 0 Å². The summed E-state index contributed by atoms with van der Waals surface area (Å²) in [6.45, 7) is 5.59. The van der Waals surface area contributed by atoms with E-state index >= 15 is 0 Å². The van der Waals surface area contributed by atoms with Gasteiger partial charge in [-0.05, 0) is 33.6 Å². The average Bonchev–Trinajstić information content (AvgIpc) is 2.91. The molecule has 0 amide bonds. The van der Waals surface area contributed by atoms with Crippen molar-refractivity contribution in [3.63, 3.8) is 0 Å². The van der Waals surface area contributed by atoms with Gasteiger partial charge in [-0.2, -0.15) is 22.0 Å². The number of aliphatic hydroxyl groups is 1. The van der Waals surface area contributed by atoms with Gasteiger partial charge in [0.25, 0.3) is 6.08 Å². The van der Waals surface area contributed by atoms with Crippen molar-refractivity contribution in [2.75, 3.05) is 38.4 Å². The standard InChI is InChI=1S/C25H37F5O9S.F2/c1-7-24(5,22(35)37-9-8-17(19(26)27)25(28,29)30)14-23(3,4)21(34)39-11-16(31)10-38-18(32)13-40-12-15(2)20(33)36-6;1-2/h15-16,31H,7-14H2,1-6H3;. The highest BCUT2D eigenvalue weighted by Crippen LogP contribution is 2.39. The molecule has 0 rings (SSSR count). The predicted octanol–water partition coefficient (Wildman–Crippen LogP) is 5.30. The summed E-state index contributed by atoms with van der Waals surface area (Å²) in [5.74, 6) is -3.04. The van der Waals surface area contributed by atoms with Gasteiger partial charge in [0.05, 0.1) is 36.2 Å². The first-order valence-electron chi connectivity index (χ1n) is 12.4. The average molecular weight is 647 g/mol. The second-order valence-corrected chi connectivity index (χ2v) is 11.0. The number of hydrogen-bond acceptors (Lipinski definition) is 10. The molecule has 0 saturated heterocycles. The zero-order chi connectivity index (χ0) is 33.3. The minimum absolute atomic E-state index is 0.0803. The third-order valence-corrected chi connectivity index (χ3v) is 7.02. The van der Waals surface area contributed by atoms with Crippen molar-refractivity contribution in [2.24, 2.45) is 16.7 Å². The third kappa shape index (κ3) is 15.6. The van der Waals surface area contributed by atoms with Gasteiger partial charge in [-0.1, -0.05) is 13.8 Å². The number of thioether (sulfide) groups is 1. The van der Waals surface area contributed by atoms with Gasteiger partial charge in [-0.25, -0.2) is 0 Å². The van der Waals surface area contributed by atoms with E-state index in [2.05, 4.69) is 4.74 Å². The van der Waals surface area contributed by atoms with Crippen LogP contribution < -0.4 is 0 Å². The second-order valence-electron chi connectivity index (χ2n) is 9.97. The van der Waals surface area contributed by atoms with Crippen LogP contribution in [0.15, 0.2) is 11.7 Å². The maximum Gasteiger partial charge on any atom is 0.417 e. The molecule has 0 aromatic carbocycles. The molecular formula is C25H37F7O9S. The normalized spacial score (nSPS) is 14.2. The molecular weight excluding hydrogens is 609 g/mol. The van der Waals surface area contributed by atoms with Crippen molar-refractivity contribution < 1.29 is 74.3 Å². The fourth-order valence-electron chi connectivity index (χ4n) is 3.39. The quantitative estimate of drug-likeness (QED) is 0.127. The number of alkyl halides is 3. The molecule has 17 heteroatoms. The molecule has 0 aliphatic rings. The van der Waals surface area contributed by atoms with Crippen LogP contribution in [0.5, 0.6) is 0 Å². The summed E-state index contributed by atoms with van der Waals surface area (Å²) < 4.78 is 98.5. The van der Waals surface area contributed by atoms with Crippen LogP contribution in [0.2, 0.25) is 0 Å². The monoisotopic (exact) mass is 646 g/mol. The molecule has 0 bridgehead atoms. The van der Waals surface area contributed by atoms with Crippen molar-refractivity contribution in [1.29, 1.82) is 0 Å². The van der Waals surface area contributed by atoms with E-state index in [9.17, 15) is 46.2 Å². The number of ether oxygens (including phenoxy) is 4. The number of aliphatic hydroxyl groups excluding tert-OH is 1. The van der Waals surface area contributed by atoms with Crippen LogP contribution in [0.1, 0.15) is 53.9 Å². The van der Waals surface area contributed by atoms with E-state index in [0.29, 0.717) is 5.75 Å². The lowest BCUT2D eigenvalue weighted by molar-refractivity contribution is -0.166. The largest absolute Gasteiger partial charge is 0.469 e. The fraction of sp³-hybridized carbons (Fsp3) is 0.760. The molecule has 3 unspecified atom stereocenters. The smallest absolute Gasteiger partial charge is 0.417 e. The summed E-state index contributed by atoms with van der Waals surface area (Å²) in [7, 11) is 1.25. The zero-order valence-electron chi connectivity index (χ0n) is 24.1. The van der Waals surface area contributed by atoms with E-state index in [0.717, 1.165) is 11.8 Å². The fourth-order valence-corrected chi connectivity index (χ4v) is 4.24. The van der Waals surface area contributed by atoms with Crippen LogP contribution in [-0.4, -0.2) is 79.7 Å². The highest BCUT2D eigenvalue weighted by molar-refractivity contribution is 7.99. The molecule has 0 aliphatic carbocycles. The molecule has 42 heavy (non-hydrogen) atoms. The summed E-state index contributed by atoms with van der Waals surface area (Å²) in [5.41, 5.74) is -4.77. The van der Waals surface area contributed by atoms with Crippen molar-refractivity contribution in [3.8, 4) is 0 Å². The van der Waals surface area contributed by atoms with E-state index in [1.165, 1.54) is 27.9 Å². The lowest BCUT2D eigenvalue weighted by Crippen LogP contribution is -2.39. The Morgan fingerprint density at radius 2 is 1.48 bits per heavy atom. The van der Waals surface area contributed by atoms with Gasteiger partial charge in [0.2, 0.25) is 0 Å². The Bertz CT molecular complexity index is 909. The Balaban J connectivity index is 0. The molecule has 0 heterocycles. The molecule has 3 atom stereocenters. The molecule has 9 nitrogen and oxygen atoms in total. The third-order valence-electron chi connectivity index (χ3n) is 5.85. The topological polar surface area (TPSA) is 125 Å². The maximum atomic E-state index is 12.6. The Hall–Kier alpha value is -2.56. The van der Waals surface area contributed by atoms with Crippen LogP contribution in [0.4, 0.5) is 31.1 Å². The number of hydrogen-bond donors (Lipinski definition) is 1. The van der Waals surface area contributed by atoms with Gasteiger partial charge in [-0.15, -0.1) is 11.8 Å². The highest BCUT2D eigenvalue weighted by Gasteiger charge is 2.43. The van der Waals surface area contributed by atoms with Crippen molar-refractivity contribution >= 4 is 35.6 Å². The lowest BCUT2D eigenvalue weighted by atomic mass is 9.72. The summed E-state index contributed by atoms with van der Waals surface area (Å²) in [4.78, 5) is 48.4. The van der Waals surface area contributed by atoms with Crippen LogP contribution in [0.25, 0.3) is 0 Å². The summed E-state index contributed by atoms with van der Waals surface area (Å²) in [6, 6.07) is 0. The van der Waals surface area contributed by atoms with Gasteiger partial charge in [0, 0.05) is 21.3 Å². The van der Waals surface area contributed by atoms with Crippen molar-refractivity contribution in [2.45, 2.75) is 66.2 Å². The van der Waals surface area contributed by atoms with E-state index in [1.54, 1.807) is 13.8 Å². The van der Waals surface area contributed by atoms with E-state index in [-0.39, 0.29) is 18.6 Å². The molecule has 0 saturated carbocycles. The maximum absolute atomic E-state index is 12.6. The van der Waals surface area contributed by atoms with Crippen LogP contribution >= 0.6 is 11.8 Å². The number of rotatable bonds is 17. The number of esters is 4. The zero-order valence-corrected chi connectivity index (χ0v) is 24.9. The molecule has 0 fully saturated rings. The highest BCUT2D eigenvalue weighted by atomic mass is 32.2. The Labute approximate surface area is 243 Å².